The molecule has 10 rings (SSSR count). The quantitative estimate of drug-likeness (QED) is 0.141. The molecule has 8 heteroatoms. The van der Waals surface area contributed by atoms with E-state index < -0.39 is 35.0 Å². The van der Waals surface area contributed by atoms with E-state index >= 15 is 9.59 Å². The van der Waals surface area contributed by atoms with Crippen LogP contribution in [0.3, 0.4) is 0 Å². The highest BCUT2D eigenvalue weighted by Gasteiger charge is 2.66. The van der Waals surface area contributed by atoms with Crippen molar-refractivity contribution in [1.82, 2.24) is 4.98 Å². The van der Waals surface area contributed by atoms with Crippen molar-refractivity contribution in [3.8, 4) is 17.2 Å². The highest BCUT2D eigenvalue weighted by Crippen LogP contribution is 2.63. The van der Waals surface area contributed by atoms with Crippen LogP contribution in [0.2, 0.25) is 0 Å². The summed E-state index contributed by atoms with van der Waals surface area (Å²) in [5.74, 6) is -3.76. The third-order valence-electron chi connectivity index (χ3n) is 12.3. The molecule has 268 valence electrons. The minimum absolute atomic E-state index is 0.0748. The summed E-state index contributed by atoms with van der Waals surface area (Å²) < 4.78 is 5.95. The number of rotatable bonds is 5. The number of hydrogen-bond donors (Lipinski definition) is 1. The van der Waals surface area contributed by atoms with Crippen LogP contribution in [-0.2, 0) is 24.6 Å². The van der Waals surface area contributed by atoms with Crippen molar-refractivity contribution in [2.45, 2.75) is 24.2 Å². The first-order chi connectivity index (χ1) is 26.8. The van der Waals surface area contributed by atoms with Crippen LogP contribution in [0.5, 0.6) is 5.75 Å². The van der Waals surface area contributed by atoms with Crippen molar-refractivity contribution < 1.29 is 28.7 Å². The number of nitrogens with zero attached hydrogens (tertiary/aromatic N) is 2. The third-order valence-corrected chi connectivity index (χ3v) is 12.3. The number of phenols is 1. The number of carbonyl (C=O) groups is 4. The van der Waals surface area contributed by atoms with E-state index in [1.54, 1.807) is 48.5 Å². The maximum Gasteiger partial charge on any atom is 0.238 e. The van der Waals surface area contributed by atoms with Gasteiger partial charge in [-0.2, -0.15) is 0 Å². The lowest BCUT2D eigenvalue weighted by Crippen LogP contribution is -2.58. The molecule has 6 aromatic rings. The van der Waals surface area contributed by atoms with Gasteiger partial charge in [-0.15, -0.1) is 0 Å². The summed E-state index contributed by atoms with van der Waals surface area (Å²) in [4.78, 5) is 65.1. The number of carbonyl (C=O) groups excluding carboxylic acids is 4. The molecule has 4 aliphatic rings. The molecule has 8 nitrogen and oxygen atoms in total. The second-order valence-corrected chi connectivity index (χ2v) is 14.9. The van der Waals surface area contributed by atoms with Crippen molar-refractivity contribution in [1.29, 1.82) is 0 Å². The number of Topliss-reactive ketones (excluding diaryl/α,β-unsaturated/α-hetero) is 1. The Bertz CT molecular complexity index is 2570. The smallest absolute Gasteiger partial charge is 0.238 e. The molecule has 1 N–H and O–H groups in total. The Kier molecular flexibility index (Phi) is 7.46. The molecule has 3 aliphatic carbocycles. The van der Waals surface area contributed by atoms with Crippen LogP contribution < -0.4 is 4.90 Å². The molecule has 0 bridgehead atoms. The molecular formula is C47H34N2O6. The summed E-state index contributed by atoms with van der Waals surface area (Å²) in [6.45, 7) is 0. The molecule has 2 heterocycles. The highest BCUT2D eigenvalue weighted by atomic mass is 16.3. The lowest BCUT2D eigenvalue weighted by molar-refractivity contribution is -0.135. The first kappa shape index (κ1) is 32.9. The van der Waals surface area contributed by atoms with Crippen molar-refractivity contribution in [3.63, 3.8) is 0 Å². The number of phenolic OH excluding ortho intramolecular Hbond substituents is 1. The number of benzene rings is 5. The molecule has 6 atom stereocenters. The summed E-state index contributed by atoms with van der Waals surface area (Å²) in [7, 11) is 0. The van der Waals surface area contributed by atoms with Gasteiger partial charge in [0.25, 0.3) is 0 Å². The van der Waals surface area contributed by atoms with Crippen LogP contribution in [0, 0.1) is 23.7 Å². The van der Waals surface area contributed by atoms with E-state index in [1.165, 1.54) is 11.0 Å². The molecule has 1 saturated carbocycles. The van der Waals surface area contributed by atoms with Crippen molar-refractivity contribution >= 4 is 45.7 Å². The number of fused-ring (bicyclic) bond motifs is 5. The highest BCUT2D eigenvalue weighted by molar-refractivity contribution is 6.32. The van der Waals surface area contributed by atoms with Gasteiger partial charge in [0.2, 0.25) is 17.7 Å². The van der Waals surface area contributed by atoms with Crippen LogP contribution in [0.15, 0.2) is 156 Å². The number of hydrogen-bond acceptors (Lipinski definition) is 7. The summed E-state index contributed by atoms with van der Waals surface area (Å²) >= 11 is 0. The van der Waals surface area contributed by atoms with Gasteiger partial charge in [0, 0.05) is 23.0 Å². The molecular weight excluding hydrogens is 689 g/mol. The maximum absolute atomic E-state index is 15.1. The average molecular weight is 723 g/mol. The van der Waals surface area contributed by atoms with E-state index in [-0.39, 0.29) is 35.6 Å². The molecule has 1 aliphatic heterocycles. The average Bonchev–Trinajstić information content (AvgIpc) is 3.77. The van der Waals surface area contributed by atoms with Crippen molar-refractivity contribution in [3.05, 3.63) is 168 Å². The first-order valence-electron chi connectivity index (χ1n) is 18.6. The second kappa shape index (κ2) is 12.5. The summed E-state index contributed by atoms with van der Waals surface area (Å²) in [5.41, 5.74) is 4.59. The Morgan fingerprint density at radius 2 is 1.40 bits per heavy atom. The molecule has 0 spiro atoms. The predicted molar refractivity (Wildman–Crippen MR) is 207 cm³/mol. The third kappa shape index (κ3) is 4.87. The lowest BCUT2D eigenvalue weighted by Gasteiger charge is -2.55. The predicted octanol–water partition coefficient (Wildman–Crippen LogP) is 8.23. The van der Waals surface area contributed by atoms with Gasteiger partial charge in [-0.3, -0.25) is 24.1 Å². The zero-order chi connectivity index (χ0) is 37.4. The van der Waals surface area contributed by atoms with Crippen molar-refractivity contribution in [2.24, 2.45) is 23.7 Å². The number of aromatic hydroxyl groups is 1. The Hall–Kier alpha value is -6.67. The lowest BCUT2D eigenvalue weighted by atomic mass is 9.44. The van der Waals surface area contributed by atoms with E-state index in [4.69, 9.17) is 4.42 Å². The number of amides is 2. The van der Waals surface area contributed by atoms with Crippen molar-refractivity contribution in [2.75, 3.05) is 4.90 Å². The fourth-order valence-corrected chi connectivity index (χ4v) is 9.92. The minimum atomic E-state index is -1.32. The van der Waals surface area contributed by atoms with Crippen LogP contribution in [0.25, 0.3) is 28.1 Å². The molecule has 6 unspecified atom stereocenters. The molecule has 5 aromatic carbocycles. The molecule has 1 saturated heterocycles. The molecule has 55 heavy (non-hydrogen) atoms. The Morgan fingerprint density at radius 1 is 0.709 bits per heavy atom. The monoisotopic (exact) mass is 722 g/mol. The fraction of sp³-hybridized carbons (Fsp3) is 0.170. The number of oxazole rings is 1. The Balaban J connectivity index is 1.09. The number of anilines is 1. The second-order valence-electron chi connectivity index (χ2n) is 14.9. The first-order valence-corrected chi connectivity index (χ1v) is 18.6. The van der Waals surface area contributed by atoms with Crippen LogP contribution in [0.4, 0.5) is 5.69 Å². The van der Waals surface area contributed by atoms with Gasteiger partial charge in [0.15, 0.2) is 17.1 Å². The number of allylic oxidation sites excluding steroid dienone is 4. The van der Waals surface area contributed by atoms with E-state index in [2.05, 4.69) is 4.98 Å². The topological polar surface area (TPSA) is 118 Å². The number of ketones is 2. The van der Waals surface area contributed by atoms with Gasteiger partial charge >= 0.3 is 0 Å². The maximum atomic E-state index is 15.1. The Morgan fingerprint density at radius 3 is 2.13 bits per heavy atom. The molecule has 1 aromatic heterocycles. The van der Waals surface area contributed by atoms with Gasteiger partial charge in [-0.1, -0.05) is 96.6 Å². The minimum Gasteiger partial charge on any atom is -0.508 e. The SMILES string of the molecule is O=C1C(c2ccccc2)=CC(=O)C2(c3ccccc3)C1CC1C(=CCC3C(=O)N(c4ccc(-c5nc6ccccc6o5)cc4)C(=O)C31)C2c1ccc(O)cc1. The summed E-state index contributed by atoms with van der Waals surface area (Å²) in [6, 6.07) is 40.1. The standard InChI is InChI=1S/C47H34N2O6/c50-32-21-17-28(18-22-32)42-33-23-24-34-41(46(54)49(45(34)53)31-19-15-29(16-20-31)44-48-38-13-7-8-14-39(38)55-44)36(33)25-37-43(52)35(27-9-3-1-4-10-27)26-40(51)47(37,42)30-11-5-2-6-12-30/h1-23,26,34,36-37,41-42,50H,24-25H2. The van der Waals surface area contributed by atoms with E-state index in [0.717, 1.165) is 22.2 Å². The van der Waals surface area contributed by atoms with Gasteiger partial charge in [-0.25, -0.2) is 4.98 Å². The Labute approximate surface area is 316 Å². The fourth-order valence-electron chi connectivity index (χ4n) is 9.92. The zero-order valence-electron chi connectivity index (χ0n) is 29.5. The van der Waals surface area contributed by atoms with Gasteiger partial charge in [-0.05, 0) is 90.1 Å². The van der Waals surface area contributed by atoms with Gasteiger partial charge in [0.05, 0.1) is 22.9 Å². The van der Waals surface area contributed by atoms with Gasteiger partial charge < -0.3 is 9.52 Å². The molecule has 2 amide bonds. The largest absolute Gasteiger partial charge is 0.508 e. The normalized spacial score (nSPS) is 26.0. The van der Waals surface area contributed by atoms with E-state index in [9.17, 15) is 14.7 Å². The van der Waals surface area contributed by atoms with E-state index in [1.807, 2.05) is 91.0 Å². The van der Waals surface area contributed by atoms with Crippen LogP contribution >= 0.6 is 0 Å². The number of para-hydroxylation sites is 2. The summed E-state index contributed by atoms with van der Waals surface area (Å²) in [5, 5.41) is 10.4. The number of imide groups is 1. The molecule has 0 radical (unpaired) electrons. The van der Waals surface area contributed by atoms with Gasteiger partial charge in [0.1, 0.15) is 11.3 Å². The zero-order valence-corrected chi connectivity index (χ0v) is 29.5. The van der Waals surface area contributed by atoms with Crippen LogP contribution in [-0.4, -0.2) is 33.5 Å². The molecule has 2 fully saturated rings. The number of aromatic nitrogens is 1. The van der Waals surface area contributed by atoms with Crippen LogP contribution in [0.1, 0.15) is 35.4 Å². The summed E-state index contributed by atoms with van der Waals surface area (Å²) in [6.07, 6.45) is 4.09. The van der Waals surface area contributed by atoms with E-state index in [0.29, 0.717) is 40.3 Å².